The number of rotatable bonds is 9. The standard InChI is InChI=1S/C21H27NO6/c1-5-6-14-10-19(24)28-17-9-13(4)8-16(20(14)17)27-11-18(23)22-15(21(25)26)7-12(2)3/h8-10,12,15H,5-7,11H2,1-4H3,(H,22,23)(H,25,26). The molecule has 0 aliphatic heterocycles. The molecule has 1 heterocycles. The van der Waals surface area contributed by atoms with Crippen LogP contribution in [0.2, 0.25) is 0 Å². The molecule has 28 heavy (non-hydrogen) atoms. The molecule has 0 fully saturated rings. The second-order valence-electron chi connectivity index (χ2n) is 7.35. The quantitative estimate of drug-likeness (QED) is 0.639. The third kappa shape index (κ3) is 5.58. The summed E-state index contributed by atoms with van der Waals surface area (Å²) in [5, 5.41) is 12.4. The Balaban J connectivity index is 2.24. The number of fused-ring (bicyclic) bond motifs is 1. The van der Waals surface area contributed by atoms with E-state index in [4.69, 9.17) is 9.15 Å². The average Bonchev–Trinajstić information content (AvgIpc) is 2.58. The van der Waals surface area contributed by atoms with E-state index in [2.05, 4.69) is 5.32 Å². The molecule has 7 heteroatoms. The predicted molar refractivity (Wildman–Crippen MR) is 106 cm³/mol. The van der Waals surface area contributed by atoms with Gasteiger partial charge in [0, 0.05) is 6.07 Å². The van der Waals surface area contributed by atoms with Gasteiger partial charge in [-0.05, 0) is 48.9 Å². The average molecular weight is 389 g/mol. The first-order valence-electron chi connectivity index (χ1n) is 9.43. The number of aryl methyl sites for hydroxylation is 2. The molecular weight excluding hydrogens is 362 g/mol. The van der Waals surface area contributed by atoms with Crippen LogP contribution >= 0.6 is 0 Å². The van der Waals surface area contributed by atoms with Crippen LogP contribution in [0.5, 0.6) is 5.75 Å². The van der Waals surface area contributed by atoms with Gasteiger partial charge < -0.3 is 19.6 Å². The lowest BCUT2D eigenvalue weighted by Gasteiger charge is -2.17. The minimum atomic E-state index is -1.07. The first-order valence-corrected chi connectivity index (χ1v) is 9.43. The zero-order chi connectivity index (χ0) is 20.8. The molecule has 1 aromatic carbocycles. The molecule has 0 bridgehead atoms. The van der Waals surface area contributed by atoms with Crippen LogP contribution in [0.15, 0.2) is 27.4 Å². The topological polar surface area (TPSA) is 106 Å². The van der Waals surface area contributed by atoms with Crippen molar-refractivity contribution in [2.45, 2.75) is 53.0 Å². The first-order chi connectivity index (χ1) is 13.2. The molecule has 1 unspecified atom stereocenters. The van der Waals surface area contributed by atoms with Crippen LogP contribution in [-0.2, 0) is 16.0 Å². The van der Waals surface area contributed by atoms with Crippen molar-refractivity contribution in [2.75, 3.05) is 6.61 Å². The van der Waals surface area contributed by atoms with E-state index in [0.717, 1.165) is 17.5 Å². The fourth-order valence-corrected chi connectivity index (χ4v) is 3.12. The molecule has 2 aromatic rings. The van der Waals surface area contributed by atoms with Crippen molar-refractivity contribution in [3.63, 3.8) is 0 Å². The number of carboxylic acid groups (broad SMARTS) is 1. The minimum Gasteiger partial charge on any atom is -0.483 e. The van der Waals surface area contributed by atoms with Crippen molar-refractivity contribution in [3.8, 4) is 5.75 Å². The van der Waals surface area contributed by atoms with Gasteiger partial charge in [-0.25, -0.2) is 9.59 Å². The number of benzene rings is 1. The van der Waals surface area contributed by atoms with Crippen LogP contribution in [0.4, 0.5) is 0 Å². The van der Waals surface area contributed by atoms with E-state index in [-0.39, 0.29) is 12.5 Å². The van der Waals surface area contributed by atoms with Crippen molar-refractivity contribution < 1.29 is 23.8 Å². The normalized spacial score (nSPS) is 12.2. The monoisotopic (exact) mass is 389 g/mol. The molecule has 2 rings (SSSR count). The molecule has 0 radical (unpaired) electrons. The lowest BCUT2D eigenvalue weighted by atomic mass is 10.0. The molecule has 0 saturated carbocycles. The fraction of sp³-hybridized carbons (Fsp3) is 0.476. The summed E-state index contributed by atoms with van der Waals surface area (Å²) in [7, 11) is 0. The largest absolute Gasteiger partial charge is 0.483 e. The molecule has 0 saturated heterocycles. The Morgan fingerprint density at radius 1 is 1.25 bits per heavy atom. The third-order valence-corrected chi connectivity index (χ3v) is 4.25. The van der Waals surface area contributed by atoms with Crippen LogP contribution in [0, 0.1) is 12.8 Å². The number of aliphatic carboxylic acids is 1. The Bertz CT molecular complexity index is 915. The predicted octanol–water partition coefficient (Wildman–Crippen LogP) is 3.05. The number of ether oxygens (including phenoxy) is 1. The molecule has 1 aromatic heterocycles. The van der Waals surface area contributed by atoms with E-state index in [9.17, 15) is 19.5 Å². The molecule has 0 aliphatic carbocycles. The smallest absolute Gasteiger partial charge is 0.336 e. The highest BCUT2D eigenvalue weighted by Crippen LogP contribution is 2.30. The van der Waals surface area contributed by atoms with E-state index in [1.165, 1.54) is 6.07 Å². The second-order valence-corrected chi connectivity index (χ2v) is 7.35. The van der Waals surface area contributed by atoms with Gasteiger partial charge in [-0.2, -0.15) is 0 Å². The van der Waals surface area contributed by atoms with Gasteiger partial charge in [0.2, 0.25) is 0 Å². The van der Waals surface area contributed by atoms with Crippen LogP contribution in [0.25, 0.3) is 11.0 Å². The van der Waals surface area contributed by atoms with Gasteiger partial charge in [-0.1, -0.05) is 27.2 Å². The van der Waals surface area contributed by atoms with E-state index in [0.29, 0.717) is 29.6 Å². The molecule has 2 N–H and O–H groups in total. The summed E-state index contributed by atoms with van der Waals surface area (Å²) in [5.41, 5.74) is 1.60. The van der Waals surface area contributed by atoms with Crippen molar-refractivity contribution in [1.29, 1.82) is 0 Å². The van der Waals surface area contributed by atoms with Gasteiger partial charge in [0.1, 0.15) is 17.4 Å². The van der Waals surface area contributed by atoms with Crippen LogP contribution in [0.1, 0.15) is 44.7 Å². The molecule has 7 nitrogen and oxygen atoms in total. The molecule has 1 amide bonds. The fourth-order valence-electron chi connectivity index (χ4n) is 3.12. The van der Waals surface area contributed by atoms with E-state index < -0.39 is 23.5 Å². The lowest BCUT2D eigenvalue weighted by molar-refractivity contribution is -0.142. The zero-order valence-electron chi connectivity index (χ0n) is 16.7. The number of carbonyl (C=O) groups is 2. The van der Waals surface area contributed by atoms with Crippen LogP contribution in [-0.4, -0.2) is 29.6 Å². The zero-order valence-corrected chi connectivity index (χ0v) is 16.7. The van der Waals surface area contributed by atoms with Crippen molar-refractivity contribution in [2.24, 2.45) is 5.92 Å². The summed E-state index contributed by atoms with van der Waals surface area (Å²) >= 11 is 0. The highest BCUT2D eigenvalue weighted by molar-refractivity contribution is 5.89. The Morgan fingerprint density at radius 2 is 1.96 bits per heavy atom. The molecular formula is C21H27NO6. The molecule has 0 aliphatic rings. The van der Waals surface area contributed by atoms with Gasteiger partial charge in [-0.3, -0.25) is 4.79 Å². The van der Waals surface area contributed by atoms with Gasteiger partial charge >= 0.3 is 11.6 Å². The number of carbonyl (C=O) groups excluding carboxylic acids is 1. The van der Waals surface area contributed by atoms with Crippen LogP contribution in [0.3, 0.4) is 0 Å². The maximum atomic E-state index is 12.2. The summed E-state index contributed by atoms with van der Waals surface area (Å²) in [6.07, 6.45) is 1.84. The highest BCUT2D eigenvalue weighted by Gasteiger charge is 2.21. The number of carboxylic acids is 1. The summed E-state index contributed by atoms with van der Waals surface area (Å²) < 4.78 is 11.0. The van der Waals surface area contributed by atoms with Gasteiger partial charge in [0.25, 0.3) is 5.91 Å². The minimum absolute atomic E-state index is 0.127. The number of hydrogen-bond acceptors (Lipinski definition) is 5. The Morgan fingerprint density at radius 3 is 2.57 bits per heavy atom. The van der Waals surface area contributed by atoms with Gasteiger partial charge in [0.05, 0.1) is 5.39 Å². The Labute approximate surface area is 163 Å². The number of nitrogens with one attached hydrogen (secondary N) is 1. The van der Waals surface area contributed by atoms with Gasteiger partial charge in [0.15, 0.2) is 6.61 Å². The van der Waals surface area contributed by atoms with Crippen molar-refractivity contribution in [3.05, 3.63) is 39.7 Å². The summed E-state index contributed by atoms with van der Waals surface area (Å²) in [4.78, 5) is 35.4. The van der Waals surface area contributed by atoms with Crippen LogP contribution < -0.4 is 15.7 Å². The van der Waals surface area contributed by atoms with E-state index in [1.54, 1.807) is 12.1 Å². The summed E-state index contributed by atoms with van der Waals surface area (Å²) in [6.45, 7) is 7.29. The lowest BCUT2D eigenvalue weighted by Crippen LogP contribution is -2.43. The van der Waals surface area contributed by atoms with E-state index in [1.807, 2.05) is 27.7 Å². The van der Waals surface area contributed by atoms with Crippen molar-refractivity contribution >= 4 is 22.8 Å². The van der Waals surface area contributed by atoms with Crippen molar-refractivity contribution in [1.82, 2.24) is 5.32 Å². The maximum absolute atomic E-state index is 12.2. The third-order valence-electron chi connectivity index (χ3n) is 4.25. The molecule has 152 valence electrons. The maximum Gasteiger partial charge on any atom is 0.336 e. The van der Waals surface area contributed by atoms with E-state index >= 15 is 0 Å². The molecule has 1 atom stereocenters. The van der Waals surface area contributed by atoms with Gasteiger partial charge in [-0.15, -0.1) is 0 Å². The first kappa shape index (κ1) is 21.5. The number of hydrogen-bond donors (Lipinski definition) is 2. The highest BCUT2D eigenvalue weighted by atomic mass is 16.5. The Kier molecular flexibility index (Phi) is 7.20. The molecule has 0 spiro atoms. The summed E-state index contributed by atoms with van der Waals surface area (Å²) in [5.74, 6) is -1.03. The number of amides is 1. The second kappa shape index (κ2) is 9.39. The summed E-state index contributed by atoms with van der Waals surface area (Å²) in [6, 6.07) is 4.01. The SMILES string of the molecule is CCCc1cc(=O)oc2cc(C)cc(OCC(=O)NC(CC(C)C)C(=O)O)c12. The Hall–Kier alpha value is -2.83.